The molecule has 0 saturated carbocycles. The minimum absolute atomic E-state index is 0.183. The van der Waals surface area contributed by atoms with E-state index in [-0.39, 0.29) is 11.3 Å². The minimum Gasteiger partial charge on any atom is -0.385 e. The number of hydrogen-bond acceptors (Lipinski definition) is 2. The van der Waals surface area contributed by atoms with Crippen LogP contribution < -0.4 is 5.32 Å². The molecule has 1 aromatic carbocycles. The number of nitrogens with one attached hydrogen (secondary N) is 1. The molecule has 0 aliphatic carbocycles. The fraction of sp³-hybridized carbons (Fsp3) is 0.611. The number of anilines is 1. The molecule has 0 spiro atoms. The zero-order valence-electron chi connectivity index (χ0n) is 13.8. The Labute approximate surface area is 128 Å². The van der Waals surface area contributed by atoms with Gasteiger partial charge in [-0.05, 0) is 55.4 Å². The summed E-state index contributed by atoms with van der Waals surface area (Å²) >= 11 is 0. The topological polar surface area (TPSA) is 32.3 Å². The van der Waals surface area contributed by atoms with Gasteiger partial charge in [-0.2, -0.15) is 0 Å². The molecule has 3 nitrogen and oxygen atoms in total. The van der Waals surface area contributed by atoms with Crippen molar-refractivity contribution < 1.29 is 4.79 Å². The Morgan fingerprint density at radius 1 is 1.38 bits per heavy atom. The quantitative estimate of drug-likeness (QED) is 0.905. The lowest BCUT2D eigenvalue weighted by Gasteiger charge is -2.38. The van der Waals surface area contributed by atoms with Gasteiger partial charge in [0.2, 0.25) is 0 Å². The molecular weight excluding hydrogens is 260 g/mol. The molecule has 116 valence electrons. The third kappa shape index (κ3) is 3.99. The summed E-state index contributed by atoms with van der Waals surface area (Å²) in [5, 5.41) is 3.37. The largest absolute Gasteiger partial charge is 0.385 e. The number of rotatable bonds is 4. The van der Waals surface area contributed by atoms with Crippen LogP contribution in [0.1, 0.15) is 56.0 Å². The zero-order chi connectivity index (χ0) is 15.5. The Morgan fingerprint density at radius 2 is 2.14 bits per heavy atom. The second-order valence-corrected chi connectivity index (χ2v) is 6.95. The van der Waals surface area contributed by atoms with E-state index >= 15 is 0 Å². The van der Waals surface area contributed by atoms with Crippen molar-refractivity contribution in [3.05, 3.63) is 29.3 Å². The van der Waals surface area contributed by atoms with E-state index in [0.29, 0.717) is 0 Å². The van der Waals surface area contributed by atoms with Gasteiger partial charge in [0.25, 0.3) is 5.91 Å². The molecular formula is C18H28N2O. The number of nitrogens with zero attached hydrogens (tertiary/aromatic N) is 1. The summed E-state index contributed by atoms with van der Waals surface area (Å²) < 4.78 is 0. The second kappa shape index (κ2) is 6.50. The van der Waals surface area contributed by atoms with Crippen LogP contribution in [0, 0.1) is 12.3 Å². The highest BCUT2D eigenvalue weighted by Crippen LogP contribution is 2.29. The summed E-state index contributed by atoms with van der Waals surface area (Å²) in [6, 6.07) is 6.07. The summed E-state index contributed by atoms with van der Waals surface area (Å²) in [6.07, 6.45) is 3.41. The van der Waals surface area contributed by atoms with Gasteiger partial charge in [0.05, 0.1) is 0 Å². The molecule has 1 heterocycles. The Morgan fingerprint density at radius 3 is 2.76 bits per heavy atom. The number of carbonyl (C=O) groups is 1. The van der Waals surface area contributed by atoms with Gasteiger partial charge in [-0.1, -0.05) is 20.8 Å². The number of aryl methyl sites for hydroxylation is 1. The van der Waals surface area contributed by atoms with Crippen LogP contribution in [0.5, 0.6) is 0 Å². The maximum absolute atomic E-state index is 12.7. The molecule has 1 N–H and O–H groups in total. The number of hydrogen-bond donors (Lipinski definition) is 1. The highest BCUT2D eigenvalue weighted by molar-refractivity contribution is 5.96. The maximum atomic E-state index is 12.7. The SMILES string of the molecule is CCCNc1ccc(C(=O)N2CCCC(C)(C)C2)c(C)c1. The predicted molar refractivity (Wildman–Crippen MR) is 88.9 cm³/mol. The Kier molecular flexibility index (Phi) is 4.92. The summed E-state index contributed by atoms with van der Waals surface area (Å²) in [6.45, 7) is 11.4. The van der Waals surface area contributed by atoms with Gasteiger partial charge >= 0.3 is 0 Å². The average Bonchev–Trinajstić information content (AvgIpc) is 2.43. The number of amides is 1. The fourth-order valence-electron chi connectivity index (χ4n) is 3.05. The number of benzene rings is 1. The van der Waals surface area contributed by atoms with Crippen molar-refractivity contribution in [1.82, 2.24) is 4.90 Å². The second-order valence-electron chi connectivity index (χ2n) is 6.95. The van der Waals surface area contributed by atoms with Gasteiger partial charge in [0.15, 0.2) is 0 Å². The number of likely N-dealkylation sites (tertiary alicyclic amines) is 1. The lowest BCUT2D eigenvalue weighted by atomic mass is 9.84. The number of carbonyl (C=O) groups excluding carboxylic acids is 1. The molecule has 0 atom stereocenters. The molecule has 1 aromatic rings. The predicted octanol–water partition coefficient (Wildman–Crippen LogP) is 4.08. The normalized spacial score (nSPS) is 17.6. The standard InChI is InChI=1S/C18H28N2O/c1-5-10-19-15-7-8-16(14(2)12-15)17(21)20-11-6-9-18(3,4)13-20/h7-8,12,19H,5-6,9-11,13H2,1-4H3. The smallest absolute Gasteiger partial charge is 0.254 e. The van der Waals surface area contributed by atoms with Crippen molar-refractivity contribution in [1.29, 1.82) is 0 Å². The highest BCUT2D eigenvalue weighted by Gasteiger charge is 2.29. The Balaban J connectivity index is 2.12. The fourth-order valence-corrected chi connectivity index (χ4v) is 3.05. The van der Waals surface area contributed by atoms with Crippen molar-refractivity contribution in [3.8, 4) is 0 Å². The summed E-state index contributed by atoms with van der Waals surface area (Å²) in [5.41, 5.74) is 3.24. The lowest BCUT2D eigenvalue weighted by molar-refractivity contribution is 0.0582. The van der Waals surface area contributed by atoms with Gasteiger partial charge in [-0.25, -0.2) is 0 Å². The Bertz CT molecular complexity index is 508. The van der Waals surface area contributed by atoms with Crippen LogP contribution in [0.25, 0.3) is 0 Å². The molecule has 1 fully saturated rings. The third-order valence-corrected chi connectivity index (χ3v) is 4.22. The van der Waals surface area contributed by atoms with Crippen molar-refractivity contribution in [3.63, 3.8) is 0 Å². The van der Waals surface area contributed by atoms with Gasteiger partial charge < -0.3 is 10.2 Å². The molecule has 0 radical (unpaired) electrons. The van der Waals surface area contributed by atoms with Gasteiger partial charge in [0.1, 0.15) is 0 Å². The van der Waals surface area contributed by atoms with E-state index in [1.54, 1.807) is 0 Å². The zero-order valence-corrected chi connectivity index (χ0v) is 13.8. The summed E-state index contributed by atoms with van der Waals surface area (Å²) in [7, 11) is 0. The first-order chi connectivity index (χ1) is 9.93. The maximum Gasteiger partial charge on any atom is 0.254 e. The molecule has 1 aliphatic rings. The van der Waals surface area contributed by atoms with Crippen molar-refractivity contribution in [2.45, 2.75) is 47.0 Å². The first-order valence-electron chi connectivity index (χ1n) is 8.07. The molecule has 0 unspecified atom stereocenters. The van der Waals surface area contributed by atoms with E-state index in [4.69, 9.17) is 0 Å². The van der Waals surface area contributed by atoms with E-state index in [1.165, 1.54) is 6.42 Å². The lowest BCUT2D eigenvalue weighted by Crippen LogP contribution is -2.43. The van der Waals surface area contributed by atoms with Crippen LogP contribution in [0.2, 0.25) is 0 Å². The van der Waals surface area contributed by atoms with E-state index in [1.807, 2.05) is 24.0 Å². The average molecular weight is 288 g/mol. The molecule has 0 bridgehead atoms. The highest BCUT2D eigenvalue weighted by atomic mass is 16.2. The van der Waals surface area contributed by atoms with Gasteiger partial charge in [-0.3, -0.25) is 4.79 Å². The summed E-state index contributed by atoms with van der Waals surface area (Å²) in [4.78, 5) is 14.8. The van der Waals surface area contributed by atoms with Crippen LogP contribution in [0.15, 0.2) is 18.2 Å². The molecule has 3 heteroatoms. The molecule has 1 amide bonds. The molecule has 1 saturated heterocycles. The molecule has 0 aromatic heterocycles. The van der Waals surface area contributed by atoms with Crippen LogP contribution >= 0.6 is 0 Å². The third-order valence-electron chi connectivity index (χ3n) is 4.22. The van der Waals surface area contributed by atoms with Crippen molar-refractivity contribution in [2.24, 2.45) is 5.41 Å². The first-order valence-corrected chi connectivity index (χ1v) is 8.07. The minimum atomic E-state index is 0.183. The van der Waals surface area contributed by atoms with Gasteiger partial charge in [-0.15, -0.1) is 0 Å². The van der Waals surface area contributed by atoms with Crippen LogP contribution in [0.3, 0.4) is 0 Å². The van der Waals surface area contributed by atoms with Crippen LogP contribution in [-0.2, 0) is 0 Å². The van der Waals surface area contributed by atoms with E-state index in [0.717, 1.165) is 49.3 Å². The van der Waals surface area contributed by atoms with E-state index in [9.17, 15) is 4.79 Å². The van der Waals surface area contributed by atoms with E-state index < -0.39 is 0 Å². The first kappa shape index (κ1) is 15.9. The molecule has 2 rings (SSSR count). The Hall–Kier alpha value is -1.51. The van der Waals surface area contributed by atoms with Crippen LogP contribution in [0.4, 0.5) is 5.69 Å². The number of piperidine rings is 1. The monoisotopic (exact) mass is 288 g/mol. The molecule has 21 heavy (non-hydrogen) atoms. The molecule has 1 aliphatic heterocycles. The van der Waals surface area contributed by atoms with Crippen molar-refractivity contribution in [2.75, 3.05) is 25.0 Å². The van der Waals surface area contributed by atoms with Crippen molar-refractivity contribution >= 4 is 11.6 Å². The summed E-state index contributed by atoms with van der Waals surface area (Å²) in [5.74, 6) is 0.183. The van der Waals surface area contributed by atoms with Crippen LogP contribution in [-0.4, -0.2) is 30.4 Å². The van der Waals surface area contributed by atoms with E-state index in [2.05, 4.69) is 32.2 Å². The van der Waals surface area contributed by atoms with Gasteiger partial charge in [0, 0.05) is 30.9 Å².